The summed E-state index contributed by atoms with van der Waals surface area (Å²) in [4.78, 5) is 8.57. The molecule has 0 bridgehead atoms. The molecule has 1 aliphatic heterocycles. The topological polar surface area (TPSA) is 219 Å². The molecule has 0 unspecified atom stereocenters. The Balaban J connectivity index is 0.00000204. The zero-order valence-electron chi connectivity index (χ0n) is 17.4. The van der Waals surface area contributed by atoms with Crippen molar-refractivity contribution in [3.63, 3.8) is 0 Å². The molecule has 14 nitrogen and oxygen atoms in total. The molecule has 0 aliphatic carbocycles. The van der Waals surface area contributed by atoms with Gasteiger partial charge in [-0.2, -0.15) is 5.11 Å². The fraction of sp³-hybridized carbons (Fsp3) is 0. The predicted octanol–water partition coefficient (Wildman–Crippen LogP) is -2.60. The van der Waals surface area contributed by atoms with Crippen LogP contribution in [-0.2, 0) is 20.2 Å². The Morgan fingerprint density at radius 1 is 0.912 bits per heavy atom. The Hall–Kier alpha value is -1.86. The van der Waals surface area contributed by atoms with Gasteiger partial charge in [0.1, 0.15) is 31.6 Å². The van der Waals surface area contributed by atoms with Crippen molar-refractivity contribution >= 4 is 59.4 Å². The van der Waals surface area contributed by atoms with Crippen LogP contribution in [0.5, 0.6) is 0 Å². The average Bonchev–Trinajstić information content (AvgIpc) is 2.71. The molecule has 164 valence electrons. The fourth-order valence-corrected chi connectivity index (χ4v) is 4.13. The molecule has 1 heterocycles. The van der Waals surface area contributed by atoms with Gasteiger partial charge in [0.25, 0.3) is 5.69 Å². The molecule has 3 aromatic carbocycles. The summed E-state index contributed by atoms with van der Waals surface area (Å²) in [6.45, 7) is 0. The minimum absolute atomic E-state index is 0. The van der Waals surface area contributed by atoms with Gasteiger partial charge in [0.15, 0.2) is 0 Å². The van der Waals surface area contributed by atoms with Gasteiger partial charge in [-0.3, -0.25) is 15.5 Å². The van der Waals surface area contributed by atoms with Crippen LogP contribution in [0, 0.1) is 10.1 Å². The maximum Gasteiger partial charge on any atom is 1.00 e. The average molecular weight is 522 g/mol. The zero-order chi connectivity index (χ0) is 23.3. The first-order chi connectivity index (χ1) is 14.9. The smallest absolute Gasteiger partial charge is 0.744 e. The van der Waals surface area contributed by atoms with Crippen molar-refractivity contribution in [2.75, 3.05) is 5.43 Å². The number of non-ortho nitro benzene ring substituents is 1. The first kappa shape index (κ1) is 28.4. The summed E-state index contributed by atoms with van der Waals surface area (Å²) < 4.78 is 69.9. The summed E-state index contributed by atoms with van der Waals surface area (Å²) in [6, 6.07) is 7.53. The number of hydrogen-bond donors (Lipinski definition) is 1. The summed E-state index contributed by atoms with van der Waals surface area (Å²) in [6.07, 6.45) is 0. The van der Waals surface area contributed by atoms with E-state index in [1.807, 2.05) is 0 Å². The Morgan fingerprint density at radius 3 is 2.12 bits per heavy atom. The van der Waals surface area contributed by atoms with Crippen molar-refractivity contribution in [2.45, 2.75) is 9.79 Å². The minimum Gasteiger partial charge on any atom is -0.744 e. The van der Waals surface area contributed by atoms with Crippen LogP contribution in [0.1, 0.15) is 0 Å². The number of benzene rings is 3. The van der Waals surface area contributed by atoms with Crippen molar-refractivity contribution in [3.05, 3.63) is 52.6 Å². The van der Waals surface area contributed by atoms with Gasteiger partial charge >= 0.3 is 59.1 Å². The molecule has 0 spiro atoms. The molecule has 0 saturated carbocycles. The van der Waals surface area contributed by atoms with E-state index in [9.17, 15) is 36.1 Å². The minimum atomic E-state index is -5.16. The van der Waals surface area contributed by atoms with Gasteiger partial charge in [-0.1, -0.05) is 5.22 Å². The molecule has 1 N–H and O–H groups in total. The van der Waals surface area contributed by atoms with Gasteiger partial charge in [-0.15, -0.1) is 10.2 Å². The van der Waals surface area contributed by atoms with E-state index in [0.29, 0.717) is 0 Å². The van der Waals surface area contributed by atoms with Crippen molar-refractivity contribution in [2.24, 2.45) is 20.6 Å². The molecule has 34 heavy (non-hydrogen) atoms. The van der Waals surface area contributed by atoms with Crippen LogP contribution < -0.4 is 64.5 Å². The van der Waals surface area contributed by atoms with E-state index in [1.165, 1.54) is 12.1 Å². The predicted molar refractivity (Wildman–Crippen MR) is 105 cm³/mol. The molecular weight excluding hydrogens is 514 g/mol. The third kappa shape index (κ3) is 5.68. The van der Waals surface area contributed by atoms with E-state index in [0.717, 1.165) is 30.3 Å². The van der Waals surface area contributed by atoms with Gasteiger partial charge in [0.2, 0.25) is 0 Å². The Labute approximate surface area is 235 Å². The monoisotopic (exact) mass is 522 g/mol. The number of nitro groups is 1. The van der Waals surface area contributed by atoms with Crippen molar-refractivity contribution in [3.8, 4) is 0 Å². The van der Waals surface area contributed by atoms with E-state index in [1.54, 1.807) is 0 Å². The Morgan fingerprint density at radius 2 is 1.56 bits per heavy atom. The number of azo groups is 1. The molecule has 0 amide bonds. The summed E-state index contributed by atoms with van der Waals surface area (Å²) in [5.74, 6) is 0. The Bertz CT molecular complexity index is 1580. The molecule has 1 aliphatic rings. The van der Waals surface area contributed by atoms with Crippen LogP contribution in [0.25, 0.3) is 10.8 Å². The van der Waals surface area contributed by atoms with Crippen LogP contribution in [0.15, 0.2) is 72.8 Å². The van der Waals surface area contributed by atoms with Crippen LogP contribution in [0.2, 0.25) is 0 Å². The van der Waals surface area contributed by atoms with Gasteiger partial charge in [0.05, 0.1) is 26.1 Å². The molecule has 0 aromatic heterocycles. The second kappa shape index (κ2) is 10.4. The second-order valence-corrected chi connectivity index (χ2v) is 9.06. The molecule has 0 saturated heterocycles. The number of nitro benzene ring substituents is 1. The molecule has 0 atom stereocenters. The largest absolute Gasteiger partial charge is 1.00 e. The molecule has 0 radical (unpaired) electrons. The van der Waals surface area contributed by atoms with E-state index in [2.05, 4.69) is 26.0 Å². The summed E-state index contributed by atoms with van der Waals surface area (Å²) in [5, 5.41) is 25.7. The van der Waals surface area contributed by atoms with Crippen LogP contribution in [0.4, 0.5) is 28.4 Å². The van der Waals surface area contributed by atoms with Crippen molar-refractivity contribution in [1.29, 1.82) is 0 Å². The van der Waals surface area contributed by atoms with E-state index < -0.39 is 40.6 Å². The summed E-state index contributed by atoms with van der Waals surface area (Å²) in [5.41, 5.74) is 1.64. The molecule has 3 aromatic rings. The van der Waals surface area contributed by atoms with E-state index in [4.69, 9.17) is 0 Å². The quantitative estimate of drug-likeness (QED) is 0.122. The fourth-order valence-electron chi connectivity index (χ4n) is 2.95. The van der Waals surface area contributed by atoms with Crippen molar-refractivity contribution in [1.82, 2.24) is 0 Å². The zero-order valence-corrected chi connectivity index (χ0v) is 23.0. The number of anilines is 1. The summed E-state index contributed by atoms with van der Waals surface area (Å²) in [7, 11) is -10.1. The molecule has 0 fully saturated rings. The van der Waals surface area contributed by atoms with Crippen LogP contribution in [0.3, 0.4) is 0 Å². The maximum atomic E-state index is 11.9. The first-order valence-electron chi connectivity index (χ1n) is 8.34. The van der Waals surface area contributed by atoms with E-state index >= 15 is 0 Å². The van der Waals surface area contributed by atoms with Gasteiger partial charge in [-0.25, -0.2) is 16.8 Å². The number of nitrogens with zero attached hydrogens (tertiary/aromatic N) is 5. The van der Waals surface area contributed by atoms with Crippen LogP contribution >= 0.6 is 0 Å². The van der Waals surface area contributed by atoms with Crippen LogP contribution in [-0.4, -0.2) is 30.9 Å². The third-order valence-corrected chi connectivity index (χ3v) is 5.99. The third-order valence-electron chi connectivity index (χ3n) is 4.33. The normalized spacial score (nSPS) is 12.6. The number of nitrogens with one attached hydrogen (secondary N) is 1. The molecule has 4 rings (SSSR count). The number of hydrogen-bond acceptors (Lipinski definition) is 13. The summed E-state index contributed by atoms with van der Waals surface area (Å²) >= 11 is 0. The Kier molecular flexibility index (Phi) is 8.68. The van der Waals surface area contributed by atoms with Crippen molar-refractivity contribution < 1.29 is 90.0 Å². The standard InChI is InChI=1S/C16H10N6O8S2.2Na/c23-22(24)10-3-1-9(2-4-10)17-19-15-13(32(28,29)30)6-8-5-11(31(25,26)27)7-12-14(8)16(15)20-21-18-12;;/h1-7H,(H,18,20)(H,25,26,27)(H,28,29,30);;/q;2*+1/p-2. The van der Waals surface area contributed by atoms with E-state index in [-0.39, 0.29) is 92.6 Å². The van der Waals surface area contributed by atoms with Gasteiger partial charge in [-0.05, 0) is 35.7 Å². The number of rotatable bonds is 5. The SMILES string of the molecule is O=[N+]([O-])c1ccc(N=Nc2c(S(=O)(=O)[O-])cc3cc(S(=O)(=O)[O-])cc4c3c2N=NN4)cc1.[Na+].[Na+]. The molecular formula is C16H8N6Na2O8S2. The first-order valence-corrected chi connectivity index (χ1v) is 11.2. The maximum absolute atomic E-state index is 11.9. The second-order valence-electron chi connectivity index (χ2n) is 6.33. The molecule has 18 heteroatoms. The van der Waals surface area contributed by atoms with Gasteiger partial charge < -0.3 is 9.11 Å². The van der Waals surface area contributed by atoms with Gasteiger partial charge in [0, 0.05) is 17.5 Å².